The Morgan fingerprint density at radius 3 is 3.06 bits per heavy atom. The van der Waals surface area contributed by atoms with Crippen molar-refractivity contribution in [3.63, 3.8) is 0 Å². The maximum absolute atomic E-state index is 11.8. The summed E-state index contributed by atoms with van der Waals surface area (Å²) in [5.41, 5.74) is 3.02. The lowest BCUT2D eigenvalue weighted by Gasteiger charge is -2.06. The molecular formula is C15H21NO2. The van der Waals surface area contributed by atoms with E-state index >= 15 is 0 Å². The predicted octanol–water partition coefficient (Wildman–Crippen LogP) is 3.39. The molecule has 98 valence electrons. The maximum atomic E-state index is 11.8. The lowest BCUT2D eigenvalue weighted by atomic mass is 10.1. The zero-order chi connectivity index (χ0) is 12.8. The van der Waals surface area contributed by atoms with Crippen molar-refractivity contribution < 1.29 is 9.53 Å². The number of ether oxygens (including phenoxy) is 1. The largest absolute Gasteiger partial charge is 0.462 e. The number of fused-ring (bicyclic) bond motifs is 1. The number of hydrogen-bond acceptors (Lipinski definition) is 3. The lowest BCUT2D eigenvalue weighted by molar-refractivity contribution is 0.0498. The number of carbonyl (C=O) groups excluding carboxylic acids is 1. The summed E-state index contributed by atoms with van der Waals surface area (Å²) < 4.78 is 5.27. The molecular weight excluding hydrogens is 226 g/mol. The maximum Gasteiger partial charge on any atom is 0.338 e. The van der Waals surface area contributed by atoms with Gasteiger partial charge in [-0.25, -0.2) is 4.79 Å². The van der Waals surface area contributed by atoms with E-state index in [0.717, 1.165) is 31.5 Å². The van der Waals surface area contributed by atoms with E-state index in [2.05, 4.69) is 12.2 Å². The van der Waals surface area contributed by atoms with Crippen LogP contribution >= 0.6 is 0 Å². The van der Waals surface area contributed by atoms with Gasteiger partial charge in [0.1, 0.15) is 0 Å². The van der Waals surface area contributed by atoms with E-state index in [1.807, 2.05) is 18.2 Å². The van der Waals surface area contributed by atoms with Crippen LogP contribution in [0.15, 0.2) is 18.2 Å². The summed E-state index contributed by atoms with van der Waals surface area (Å²) in [6.45, 7) is 3.66. The molecule has 1 aliphatic heterocycles. The van der Waals surface area contributed by atoms with Crippen molar-refractivity contribution in [3.8, 4) is 0 Å². The number of hydrogen-bond donors (Lipinski definition) is 1. The molecule has 1 aliphatic rings. The first kappa shape index (κ1) is 12.9. The molecule has 1 heterocycles. The van der Waals surface area contributed by atoms with Crippen LogP contribution in [0.1, 0.15) is 48.5 Å². The Hall–Kier alpha value is -1.51. The van der Waals surface area contributed by atoms with Crippen LogP contribution in [0.5, 0.6) is 0 Å². The van der Waals surface area contributed by atoms with Gasteiger partial charge >= 0.3 is 5.97 Å². The second-order valence-corrected chi connectivity index (χ2v) is 4.75. The summed E-state index contributed by atoms with van der Waals surface area (Å²) in [7, 11) is 0. The Morgan fingerprint density at radius 1 is 1.33 bits per heavy atom. The molecule has 0 atom stereocenters. The van der Waals surface area contributed by atoms with E-state index in [1.54, 1.807) is 0 Å². The molecule has 1 aromatic carbocycles. The number of benzene rings is 1. The van der Waals surface area contributed by atoms with Crippen molar-refractivity contribution >= 4 is 11.7 Å². The molecule has 1 N–H and O–H groups in total. The molecule has 0 radical (unpaired) electrons. The van der Waals surface area contributed by atoms with E-state index < -0.39 is 0 Å². The third kappa shape index (κ3) is 3.25. The Morgan fingerprint density at radius 2 is 2.22 bits per heavy atom. The number of unbranched alkanes of at least 4 members (excludes halogenated alkanes) is 3. The fourth-order valence-electron chi connectivity index (χ4n) is 2.19. The molecule has 0 spiro atoms. The quantitative estimate of drug-likeness (QED) is 0.618. The van der Waals surface area contributed by atoms with Crippen LogP contribution in [-0.4, -0.2) is 19.1 Å². The normalized spacial score (nSPS) is 12.9. The Balaban J connectivity index is 1.82. The summed E-state index contributed by atoms with van der Waals surface area (Å²) in [4.78, 5) is 11.8. The molecule has 3 heteroatoms. The average molecular weight is 247 g/mol. The molecule has 0 aromatic heterocycles. The molecule has 0 amide bonds. The van der Waals surface area contributed by atoms with Crippen molar-refractivity contribution in [2.24, 2.45) is 0 Å². The van der Waals surface area contributed by atoms with Crippen LogP contribution in [0.4, 0.5) is 5.69 Å². The summed E-state index contributed by atoms with van der Waals surface area (Å²) in [5.74, 6) is -0.206. The molecule has 0 saturated carbocycles. The average Bonchev–Trinajstić information content (AvgIpc) is 2.85. The number of esters is 1. The zero-order valence-corrected chi connectivity index (χ0v) is 11.0. The van der Waals surface area contributed by atoms with Gasteiger partial charge < -0.3 is 10.1 Å². The van der Waals surface area contributed by atoms with Crippen LogP contribution in [0, 0.1) is 0 Å². The fourth-order valence-corrected chi connectivity index (χ4v) is 2.19. The number of nitrogens with one attached hydrogen (secondary N) is 1. The lowest BCUT2D eigenvalue weighted by Crippen LogP contribution is -2.06. The Labute approximate surface area is 109 Å². The van der Waals surface area contributed by atoms with Crippen molar-refractivity contribution in [3.05, 3.63) is 29.3 Å². The second-order valence-electron chi connectivity index (χ2n) is 4.75. The van der Waals surface area contributed by atoms with Gasteiger partial charge in [0, 0.05) is 12.2 Å². The predicted molar refractivity (Wildman–Crippen MR) is 73.1 cm³/mol. The smallest absolute Gasteiger partial charge is 0.338 e. The topological polar surface area (TPSA) is 38.3 Å². The highest BCUT2D eigenvalue weighted by molar-refractivity contribution is 5.91. The van der Waals surface area contributed by atoms with Gasteiger partial charge in [-0.1, -0.05) is 32.3 Å². The van der Waals surface area contributed by atoms with Gasteiger partial charge in [0.25, 0.3) is 0 Å². The van der Waals surface area contributed by atoms with E-state index in [4.69, 9.17) is 4.74 Å². The van der Waals surface area contributed by atoms with Gasteiger partial charge in [0.05, 0.1) is 12.2 Å². The monoisotopic (exact) mass is 247 g/mol. The second kappa shape index (κ2) is 6.43. The first-order valence-electron chi connectivity index (χ1n) is 6.85. The van der Waals surface area contributed by atoms with Crippen LogP contribution in [0.2, 0.25) is 0 Å². The third-order valence-electron chi connectivity index (χ3n) is 3.29. The summed E-state index contributed by atoms with van der Waals surface area (Å²) in [5, 5.41) is 3.27. The van der Waals surface area contributed by atoms with Crippen molar-refractivity contribution in [2.45, 2.75) is 39.0 Å². The van der Waals surface area contributed by atoms with Gasteiger partial charge in [-0.05, 0) is 30.5 Å². The molecule has 3 nitrogen and oxygen atoms in total. The molecule has 0 fully saturated rings. The summed E-state index contributed by atoms with van der Waals surface area (Å²) >= 11 is 0. The van der Waals surface area contributed by atoms with Crippen LogP contribution in [-0.2, 0) is 11.2 Å². The Bertz CT molecular complexity index is 415. The van der Waals surface area contributed by atoms with Crippen LogP contribution < -0.4 is 5.32 Å². The minimum Gasteiger partial charge on any atom is -0.462 e. The van der Waals surface area contributed by atoms with Crippen molar-refractivity contribution in [1.29, 1.82) is 0 Å². The summed E-state index contributed by atoms with van der Waals surface area (Å²) in [6, 6.07) is 5.78. The Kier molecular flexibility index (Phi) is 4.62. The third-order valence-corrected chi connectivity index (χ3v) is 3.29. The minimum absolute atomic E-state index is 0.206. The molecule has 18 heavy (non-hydrogen) atoms. The molecule has 2 rings (SSSR count). The number of rotatable bonds is 6. The first-order chi connectivity index (χ1) is 8.81. The standard InChI is InChI=1S/C15H21NO2/c1-2-3-4-5-10-18-15(17)13-7-6-12-8-9-16-14(12)11-13/h6-7,11,16H,2-5,8-10H2,1H3. The van der Waals surface area contributed by atoms with Gasteiger partial charge in [0.15, 0.2) is 0 Å². The highest BCUT2D eigenvalue weighted by Gasteiger charge is 2.13. The molecule has 0 aliphatic carbocycles. The van der Waals surface area contributed by atoms with Gasteiger partial charge in [-0.2, -0.15) is 0 Å². The fraction of sp³-hybridized carbons (Fsp3) is 0.533. The van der Waals surface area contributed by atoms with Crippen LogP contribution in [0.25, 0.3) is 0 Å². The van der Waals surface area contributed by atoms with E-state index in [0.29, 0.717) is 12.2 Å². The molecule has 0 bridgehead atoms. The SMILES string of the molecule is CCCCCCOC(=O)c1ccc2c(c1)NCC2. The van der Waals surface area contributed by atoms with Crippen LogP contribution in [0.3, 0.4) is 0 Å². The highest BCUT2D eigenvalue weighted by Crippen LogP contribution is 2.23. The highest BCUT2D eigenvalue weighted by atomic mass is 16.5. The number of anilines is 1. The van der Waals surface area contributed by atoms with Gasteiger partial charge in [0.2, 0.25) is 0 Å². The number of carbonyl (C=O) groups is 1. The molecule has 1 aromatic rings. The molecule has 0 saturated heterocycles. The first-order valence-corrected chi connectivity index (χ1v) is 6.85. The van der Waals surface area contributed by atoms with Crippen molar-refractivity contribution in [2.75, 3.05) is 18.5 Å². The van der Waals surface area contributed by atoms with E-state index in [-0.39, 0.29) is 5.97 Å². The summed E-state index contributed by atoms with van der Waals surface area (Å²) in [6.07, 6.45) is 5.55. The van der Waals surface area contributed by atoms with Crippen molar-refractivity contribution in [1.82, 2.24) is 0 Å². The van der Waals surface area contributed by atoms with E-state index in [9.17, 15) is 4.79 Å². The zero-order valence-electron chi connectivity index (χ0n) is 11.0. The van der Waals surface area contributed by atoms with E-state index in [1.165, 1.54) is 18.4 Å². The minimum atomic E-state index is -0.206. The molecule has 0 unspecified atom stereocenters. The van der Waals surface area contributed by atoms with Gasteiger partial charge in [-0.15, -0.1) is 0 Å². The van der Waals surface area contributed by atoms with Gasteiger partial charge in [-0.3, -0.25) is 0 Å².